The second-order valence-corrected chi connectivity index (χ2v) is 6.29. The monoisotopic (exact) mass is 329 g/mol. The van der Waals surface area contributed by atoms with E-state index >= 15 is 0 Å². The van der Waals surface area contributed by atoms with Crippen LogP contribution < -0.4 is 4.74 Å². The summed E-state index contributed by atoms with van der Waals surface area (Å²) in [4.78, 5) is 4.21. The number of allylic oxidation sites excluding steroid dienone is 2. The first-order valence-corrected chi connectivity index (χ1v) is 7.73. The Morgan fingerprint density at radius 2 is 2.14 bits per heavy atom. The fraction of sp³-hybridized carbons (Fsp3) is 0.438. The lowest BCUT2D eigenvalue weighted by molar-refractivity contribution is 0.334. The average molecular weight is 330 g/mol. The minimum atomic E-state index is -0.218. The maximum Gasteiger partial charge on any atom is 0.215 e. The van der Waals surface area contributed by atoms with E-state index in [9.17, 15) is 4.39 Å². The molecule has 0 aliphatic heterocycles. The van der Waals surface area contributed by atoms with Gasteiger partial charge < -0.3 is 4.74 Å². The molecule has 1 aliphatic carbocycles. The first kappa shape index (κ1) is 16.3. The zero-order chi connectivity index (χ0) is 15.4. The molecule has 0 spiro atoms. The zero-order valence-electron chi connectivity index (χ0n) is 12.1. The van der Waals surface area contributed by atoms with Gasteiger partial charge in [-0.2, -0.15) is 0 Å². The SMILES string of the molecule is CC(C)Cc1cnc(OCC2=C(F)CCC=C2Cl)cc1Cl. The van der Waals surface area contributed by atoms with Crippen molar-refractivity contribution >= 4 is 23.2 Å². The second-order valence-electron chi connectivity index (χ2n) is 5.47. The smallest absolute Gasteiger partial charge is 0.215 e. The van der Waals surface area contributed by atoms with Gasteiger partial charge in [0.05, 0.1) is 5.02 Å². The molecule has 0 aromatic carbocycles. The Balaban J connectivity index is 2.04. The molecule has 5 heteroatoms. The van der Waals surface area contributed by atoms with Crippen molar-refractivity contribution in [3.8, 4) is 5.88 Å². The lowest BCUT2D eigenvalue weighted by Gasteiger charge is -2.14. The summed E-state index contributed by atoms with van der Waals surface area (Å²) in [6, 6.07) is 1.66. The van der Waals surface area contributed by atoms with Crippen molar-refractivity contribution in [2.75, 3.05) is 6.61 Å². The molecule has 0 amide bonds. The minimum absolute atomic E-state index is 0.0635. The van der Waals surface area contributed by atoms with E-state index in [-0.39, 0.29) is 12.4 Å². The van der Waals surface area contributed by atoms with Gasteiger partial charge in [-0.25, -0.2) is 9.37 Å². The van der Waals surface area contributed by atoms with Crippen molar-refractivity contribution in [1.29, 1.82) is 0 Å². The van der Waals surface area contributed by atoms with E-state index in [0.717, 1.165) is 12.0 Å². The van der Waals surface area contributed by atoms with Gasteiger partial charge >= 0.3 is 0 Å². The molecule has 0 atom stereocenters. The Labute approximate surface area is 134 Å². The van der Waals surface area contributed by atoms with Gasteiger partial charge in [0.1, 0.15) is 12.4 Å². The largest absolute Gasteiger partial charge is 0.473 e. The number of hydrogen-bond acceptors (Lipinski definition) is 2. The highest BCUT2D eigenvalue weighted by molar-refractivity contribution is 6.32. The number of pyridine rings is 1. The van der Waals surface area contributed by atoms with Crippen molar-refractivity contribution in [2.45, 2.75) is 33.1 Å². The molecule has 0 saturated heterocycles. The highest BCUT2D eigenvalue weighted by Gasteiger charge is 2.16. The quantitative estimate of drug-likeness (QED) is 0.716. The number of ether oxygens (including phenoxy) is 1. The molecular weight excluding hydrogens is 312 g/mol. The molecule has 1 aromatic heterocycles. The molecule has 0 N–H and O–H groups in total. The van der Waals surface area contributed by atoms with Crippen molar-refractivity contribution in [3.63, 3.8) is 0 Å². The normalized spacial score (nSPS) is 15.4. The van der Waals surface area contributed by atoms with E-state index < -0.39 is 0 Å². The van der Waals surface area contributed by atoms with Crippen LogP contribution >= 0.6 is 23.2 Å². The molecule has 0 radical (unpaired) electrons. The molecule has 1 aromatic rings. The predicted octanol–water partition coefficient (Wildman–Crippen LogP) is 5.45. The van der Waals surface area contributed by atoms with E-state index in [4.69, 9.17) is 27.9 Å². The lowest BCUT2D eigenvalue weighted by atomic mass is 10.1. The lowest BCUT2D eigenvalue weighted by Crippen LogP contribution is -2.07. The Morgan fingerprint density at radius 3 is 2.76 bits per heavy atom. The zero-order valence-corrected chi connectivity index (χ0v) is 13.6. The van der Waals surface area contributed by atoms with Crippen LogP contribution in [0.5, 0.6) is 5.88 Å². The number of nitrogens with zero attached hydrogens (tertiary/aromatic N) is 1. The van der Waals surface area contributed by atoms with Crippen molar-refractivity contribution in [3.05, 3.63) is 45.4 Å². The van der Waals surface area contributed by atoms with Gasteiger partial charge in [-0.1, -0.05) is 43.1 Å². The summed E-state index contributed by atoms with van der Waals surface area (Å²) in [5.74, 6) is 0.661. The van der Waals surface area contributed by atoms with Crippen LogP contribution in [0, 0.1) is 5.92 Å². The number of aromatic nitrogens is 1. The molecular formula is C16H18Cl2FNO. The van der Waals surface area contributed by atoms with Crippen molar-refractivity contribution in [2.24, 2.45) is 5.92 Å². The summed E-state index contributed by atoms with van der Waals surface area (Å²) >= 11 is 12.2. The van der Waals surface area contributed by atoms with E-state index in [1.807, 2.05) is 0 Å². The predicted molar refractivity (Wildman–Crippen MR) is 84.6 cm³/mol. The molecule has 2 rings (SSSR count). The van der Waals surface area contributed by atoms with Crippen molar-refractivity contribution in [1.82, 2.24) is 4.98 Å². The Bertz CT molecular complexity index is 582. The number of rotatable bonds is 5. The first-order chi connectivity index (χ1) is 9.97. The van der Waals surface area contributed by atoms with E-state index in [1.165, 1.54) is 0 Å². The summed E-state index contributed by atoms with van der Waals surface area (Å²) in [5.41, 5.74) is 1.38. The van der Waals surface area contributed by atoms with E-state index in [0.29, 0.717) is 40.3 Å². The highest BCUT2D eigenvalue weighted by Crippen LogP contribution is 2.29. The van der Waals surface area contributed by atoms with Crippen LogP contribution in [0.3, 0.4) is 0 Å². The summed E-state index contributed by atoms with van der Waals surface area (Å²) in [6.07, 6.45) is 5.37. The molecule has 114 valence electrons. The van der Waals surface area contributed by atoms with Crippen LogP contribution in [0.1, 0.15) is 32.3 Å². The van der Waals surface area contributed by atoms with Gasteiger partial charge in [0, 0.05) is 29.3 Å². The van der Waals surface area contributed by atoms with Crippen molar-refractivity contribution < 1.29 is 9.13 Å². The number of hydrogen-bond donors (Lipinski definition) is 0. The third-order valence-corrected chi connectivity index (χ3v) is 3.93. The van der Waals surface area contributed by atoms with Gasteiger partial charge in [0.25, 0.3) is 0 Å². The fourth-order valence-electron chi connectivity index (χ4n) is 2.13. The van der Waals surface area contributed by atoms with Crippen LogP contribution in [0.4, 0.5) is 4.39 Å². The maximum atomic E-state index is 13.7. The van der Waals surface area contributed by atoms with E-state index in [1.54, 1.807) is 18.3 Å². The fourth-order valence-corrected chi connectivity index (χ4v) is 2.62. The van der Waals surface area contributed by atoms with Crippen LogP contribution in [-0.2, 0) is 6.42 Å². The van der Waals surface area contributed by atoms with E-state index in [2.05, 4.69) is 18.8 Å². The third-order valence-electron chi connectivity index (χ3n) is 3.20. The molecule has 1 heterocycles. The first-order valence-electron chi connectivity index (χ1n) is 6.98. The van der Waals surface area contributed by atoms with Gasteiger partial charge in [-0.05, 0) is 24.3 Å². The Morgan fingerprint density at radius 1 is 1.38 bits per heavy atom. The summed E-state index contributed by atoms with van der Waals surface area (Å²) < 4.78 is 19.2. The molecule has 2 nitrogen and oxygen atoms in total. The van der Waals surface area contributed by atoms with Gasteiger partial charge in [0.2, 0.25) is 5.88 Å². The average Bonchev–Trinajstić information content (AvgIpc) is 2.41. The summed E-state index contributed by atoms with van der Waals surface area (Å²) in [6.45, 7) is 4.30. The highest BCUT2D eigenvalue weighted by atomic mass is 35.5. The van der Waals surface area contributed by atoms with Crippen LogP contribution in [0.25, 0.3) is 0 Å². The molecule has 1 aliphatic rings. The van der Waals surface area contributed by atoms with Gasteiger partial charge in [0.15, 0.2) is 0 Å². The Hall–Kier alpha value is -1.06. The third kappa shape index (κ3) is 4.45. The molecule has 0 saturated carbocycles. The molecule has 0 unspecified atom stereocenters. The van der Waals surface area contributed by atoms with Gasteiger partial charge in [-0.15, -0.1) is 0 Å². The number of halogens is 3. The van der Waals surface area contributed by atoms with Crippen LogP contribution in [-0.4, -0.2) is 11.6 Å². The summed E-state index contributed by atoms with van der Waals surface area (Å²) in [7, 11) is 0. The molecule has 21 heavy (non-hydrogen) atoms. The second kappa shape index (κ2) is 7.28. The topological polar surface area (TPSA) is 22.1 Å². The standard InChI is InChI=1S/C16H18Cl2FNO/c1-10(2)6-11-8-20-16(7-14(11)18)21-9-12-13(17)4-3-5-15(12)19/h4,7-8,10H,3,5-6,9H2,1-2H3. The minimum Gasteiger partial charge on any atom is -0.473 e. The van der Waals surface area contributed by atoms with Crippen LogP contribution in [0.2, 0.25) is 5.02 Å². The van der Waals surface area contributed by atoms with Gasteiger partial charge in [-0.3, -0.25) is 0 Å². The molecule has 0 fully saturated rings. The summed E-state index contributed by atoms with van der Waals surface area (Å²) in [5, 5.41) is 1.04. The maximum absolute atomic E-state index is 13.7. The Kier molecular flexibility index (Phi) is 5.65. The van der Waals surface area contributed by atoms with Crippen LogP contribution in [0.15, 0.2) is 34.8 Å². The molecule has 0 bridgehead atoms.